The molecule has 1 aromatic carbocycles. The Hall–Kier alpha value is -1.48. The van der Waals surface area contributed by atoms with Gasteiger partial charge in [0, 0.05) is 10.6 Å². The molecule has 1 N–H and O–H groups in total. The van der Waals surface area contributed by atoms with Crippen LogP contribution in [0.5, 0.6) is 5.75 Å². The van der Waals surface area contributed by atoms with Gasteiger partial charge >= 0.3 is 0 Å². The maximum Gasteiger partial charge on any atom is 0.135 e. The zero-order valence-corrected chi connectivity index (χ0v) is 10.0. The second kappa shape index (κ2) is 6.18. The summed E-state index contributed by atoms with van der Waals surface area (Å²) < 4.78 is 0. The van der Waals surface area contributed by atoms with E-state index in [1.807, 2.05) is 19.9 Å². The van der Waals surface area contributed by atoms with Crippen LogP contribution in [0.15, 0.2) is 35.0 Å². The molecule has 0 unspecified atom stereocenters. The Labute approximate surface area is 100.0 Å². The number of aromatic hydroxyl groups is 1. The normalized spacial score (nSPS) is 10.4. The van der Waals surface area contributed by atoms with Crippen molar-refractivity contribution < 1.29 is 9.94 Å². The topological polar surface area (TPSA) is 41.8 Å². The maximum absolute atomic E-state index is 9.46. The molecule has 4 heteroatoms. The van der Waals surface area contributed by atoms with Gasteiger partial charge < -0.3 is 9.94 Å². The van der Waals surface area contributed by atoms with Crippen molar-refractivity contribution >= 4 is 17.8 Å². The van der Waals surface area contributed by atoms with E-state index in [0.29, 0.717) is 17.2 Å². The molecule has 0 aliphatic rings. The molecule has 0 fully saturated rings. The number of oxime groups is 1. The van der Waals surface area contributed by atoms with Crippen LogP contribution in [0.2, 0.25) is 5.02 Å². The first-order valence-corrected chi connectivity index (χ1v) is 5.24. The number of phenols is 1. The first-order valence-electron chi connectivity index (χ1n) is 4.87. The molecule has 0 aromatic heterocycles. The van der Waals surface area contributed by atoms with Crippen LogP contribution in [0, 0.1) is 0 Å². The quantitative estimate of drug-likeness (QED) is 0.379. The monoisotopic (exact) mass is 239 g/mol. The van der Waals surface area contributed by atoms with E-state index in [4.69, 9.17) is 16.4 Å². The fraction of sp³-hybridized carbons (Fsp3) is 0.250. The van der Waals surface area contributed by atoms with Gasteiger partial charge in [-0.1, -0.05) is 22.3 Å². The van der Waals surface area contributed by atoms with Gasteiger partial charge in [-0.25, -0.2) is 0 Å². The lowest BCUT2D eigenvalue weighted by Crippen LogP contribution is -1.87. The lowest BCUT2D eigenvalue weighted by atomic mass is 10.2. The van der Waals surface area contributed by atoms with Crippen LogP contribution in [0.1, 0.15) is 19.4 Å². The molecule has 0 saturated carbocycles. The van der Waals surface area contributed by atoms with E-state index in [2.05, 4.69) is 5.16 Å². The third kappa shape index (κ3) is 4.36. The Kier molecular flexibility index (Phi) is 4.86. The van der Waals surface area contributed by atoms with E-state index in [1.54, 1.807) is 12.1 Å². The highest BCUT2D eigenvalue weighted by Crippen LogP contribution is 2.19. The molecule has 1 rings (SSSR count). The number of benzene rings is 1. The highest BCUT2D eigenvalue weighted by atomic mass is 35.5. The number of halogens is 1. The van der Waals surface area contributed by atoms with Gasteiger partial charge in [-0.3, -0.25) is 0 Å². The van der Waals surface area contributed by atoms with E-state index in [-0.39, 0.29) is 5.75 Å². The van der Waals surface area contributed by atoms with Crippen molar-refractivity contribution in [3.8, 4) is 5.75 Å². The standard InChI is InChI=1S/C12H14ClNO2/c1-9(2)5-6-16-14-8-10-7-11(13)3-4-12(10)15/h3-5,7-8,15H,6H2,1-2H3. The lowest BCUT2D eigenvalue weighted by Gasteiger charge is -1.99. The summed E-state index contributed by atoms with van der Waals surface area (Å²) in [6, 6.07) is 4.74. The summed E-state index contributed by atoms with van der Waals surface area (Å²) in [6.45, 7) is 4.38. The van der Waals surface area contributed by atoms with Crippen molar-refractivity contribution in [1.82, 2.24) is 0 Å². The number of hydrogen-bond acceptors (Lipinski definition) is 3. The Morgan fingerprint density at radius 2 is 2.25 bits per heavy atom. The van der Waals surface area contributed by atoms with Crippen molar-refractivity contribution in [3.05, 3.63) is 40.4 Å². The molecule has 1 aromatic rings. The average Bonchev–Trinajstić information content (AvgIpc) is 2.22. The number of hydrogen-bond donors (Lipinski definition) is 1. The molecule has 0 aliphatic carbocycles. The third-order valence-corrected chi connectivity index (χ3v) is 2.06. The van der Waals surface area contributed by atoms with E-state index >= 15 is 0 Å². The second-order valence-corrected chi connectivity index (χ2v) is 3.95. The Morgan fingerprint density at radius 3 is 2.94 bits per heavy atom. The molecular weight excluding hydrogens is 226 g/mol. The van der Waals surface area contributed by atoms with Crippen LogP contribution in [-0.2, 0) is 4.84 Å². The van der Waals surface area contributed by atoms with Gasteiger partial charge in [-0.2, -0.15) is 0 Å². The first kappa shape index (κ1) is 12.6. The average molecular weight is 240 g/mol. The van der Waals surface area contributed by atoms with Gasteiger partial charge in [0.25, 0.3) is 0 Å². The molecule has 86 valence electrons. The van der Waals surface area contributed by atoms with Crippen LogP contribution in [0.25, 0.3) is 0 Å². The van der Waals surface area contributed by atoms with Crippen molar-refractivity contribution in [2.75, 3.05) is 6.61 Å². The highest BCUT2D eigenvalue weighted by Gasteiger charge is 1.98. The molecule has 16 heavy (non-hydrogen) atoms. The molecular formula is C12H14ClNO2. The lowest BCUT2D eigenvalue weighted by molar-refractivity contribution is 0.176. The Morgan fingerprint density at radius 1 is 1.50 bits per heavy atom. The van der Waals surface area contributed by atoms with Crippen LogP contribution >= 0.6 is 11.6 Å². The maximum atomic E-state index is 9.46. The van der Waals surface area contributed by atoms with Gasteiger partial charge in [0.05, 0.1) is 6.21 Å². The predicted molar refractivity (Wildman–Crippen MR) is 66.1 cm³/mol. The number of phenolic OH excluding ortho intramolecular Hbond substituents is 1. The summed E-state index contributed by atoms with van der Waals surface area (Å²) in [5, 5.41) is 13.7. The van der Waals surface area contributed by atoms with Gasteiger partial charge in [0.15, 0.2) is 0 Å². The van der Waals surface area contributed by atoms with Gasteiger partial charge in [-0.15, -0.1) is 0 Å². The van der Waals surface area contributed by atoms with Crippen molar-refractivity contribution in [2.24, 2.45) is 5.16 Å². The Balaban J connectivity index is 2.56. The molecule has 0 spiro atoms. The summed E-state index contributed by atoms with van der Waals surface area (Å²) in [5.74, 6) is 0.124. The van der Waals surface area contributed by atoms with Crippen molar-refractivity contribution in [2.45, 2.75) is 13.8 Å². The minimum atomic E-state index is 0.124. The van der Waals surface area contributed by atoms with E-state index in [9.17, 15) is 5.11 Å². The summed E-state index contributed by atoms with van der Waals surface area (Å²) in [6.07, 6.45) is 3.34. The van der Waals surface area contributed by atoms with Crippen LogP contribution in [0.4, 0.5) is 0 Å². The van der Waals surface area contributed by atoms with Crippen LogP contribution in [-0.4, -0.2) is 17.9 Å². The molecule has 0 atom stereocenters. The Bertz CT molecular complexity index is 409. The predicted octanol–water partition coefficient (Wildman–Crippen LogP) is 3.36. The van der Waals surface area contributed by atoms with Gasteiger partial charge in [0.2, 0.25) is 0 Å². The van der Waals surface area contributed by atoms with Crippen LogP contribution < -0.4 is 0 Å². The van der Waals surface area contributed by atoms with Crippen molar-refractivity contribution in [3.63, 3.8) is 0 Å². The highest BCUT2D eigenvalue weighted by molar-refractivity contribution is 6.30. The summed E-state index contributed by atoms with van der Waals surface area (Å²) in [5.41, 5.74) is 1.70. The molecule has 0 amide bonds. The number of rotatable bonds is 4. The zero-order chi connectivity index (χ0) is 12.0. The third-order valence-electron chi connectivity index (χ3n) is 1.82. The minimum absolute atomic E-state index is 0.124. The van der Waals surface area contributed by atoms with Crippen LogP contribution in [0.3, 0.4) is 0 Å². The number of allylic oxidation sites excluding steroid dienone is 1. The summed E-state index contributed by atoms with van der Waals surface area (Å²) in [4.78, 5) is 4.98. The van der Waals surface area contributed by atoms with Gasteiger partial charge in [-0.05, 0) is 38.1 Å². The SMILES string of the molecule is CC(C)=CCON=Cc1cc(Cl)ccc1O. The van der Waals surface area contributed by atoms with Crippen molar-refractivity contribution in [1.29, 1.82) is 0 Å². The fourth-order valence-corrected chi connectivity index (χ4v) is 1.15. The second-order valence-electron chi connectivity index (χ2n) is 3.51. The van der Waals surface area contributed by atoms with Gasteiger partial charge in [0.1, 0.15) is 12.4 Å². The molecule has 0 saturated heterocycles. The zero-order valence-electron chi connectivity index (χ0n) is 9.27. The minimum Gasteiger partial charge on any atom is -0.507 e. The summed E-state index contributed by atoms with van der Waals surface area (Å²) >= 11 is 5.78. The molecule has 3 nitrogen and oxygen atoms in total. The fourth-order valence-electron chi connectivity index (χ4n) is 0.970. The summed E-state index contributed by atoms with van der Waals surface area (Å²) in [7, 11) is 0. The molecule has 0 bridgehead atoms. The molecule has 0 heterocycles. The largest absolute Gasteiger partial charge is 0.507 e. The smallest absolute Gasteiger partial charge is 0.135 e. The molecule has 0 radical (unpaired) electrons. The number of nitrogens with zero attached hydrogens (tertiary/aromatic N) is 1. The first-order chi connectivity index (χ1) is 7.59. The van der Waals surface area contributed by atoms with E-state index < -0.39 is 0 Å². The van der Waals surface area contributed by atoms with E-state index in [1.165, 1.54) is 17.9 Å². The molecule has 0 aliphatic heterocycles. The van der Waals surface area contributed by atoms with E-state index in [0.717, 1.165) is 0 Å².